The SMILES string of the molecule is COC12CCCC(CCC1=Cc1cccc(O)c1)C2.[CH2]. The van der Waals surface area contributed by atoms with Crippen molar-refractivity contribution in [3.63, 3.8) is 0 Å². The van der Waals surface area contributed by atoms with Crippen LogP contribution in [0.1, 0.15) is 44.1 Å². The number of fused-ring (bicyclic) bond motifs is 2. The van der Waals surface area contributed by atoms with Gasteiger partial charge in [-0.1, -0.05) is 32.1 Å². The predicted molar refractivity (Wildman–Crippen MR) is 82.4 cm³/mol. The maximum atomic E-state index is 9.58. The standard InChI is InChI=1S/C17H22O2.CH2/c1-19-17-9-3-5-13(12-17)7-8-15(17)10-14-4-2-6-16(18)11-14;/h2,4,6,10-11,13,18H,3,5,7-9,12H2,1H3;1H2. The summed E-state index contributed by atoms with van der Waals surface area (Å²) in [5, 5.41) is 9.58. The first kappa shape index (κ1) is 15.1. The first-order valence-electron chi connectivity index (χ1n) is 7.27. The number of phenols is 1. The van der Waals surface area contributed by atoms with E-state index >= 15 is 0 Å². The van der Waals surface area contributed by atoms with Crippen LogP contribution in [0.15, 0.2) is 29.8 Å². The fourth-order valence-electron chi connectivity index (χ4n) is 3.81. The smallest absolute Gasteiger partial charge is 0.116 e. The van der Waals surface area contributed by atoms with Crippen LogP contribution in [0.2, 0.25) is 0 Å². The van der Waals surface area contributed by atoms with E-state index in [1.165, 1.54) is 31.3 Å². The lowest BCUT2D eigenvalue weighted by atomic mass is 9.66. The quantitative estimate of drug-likeness (QED) is 0.860. The van der Waals surface area contributed by atoms with Gasteiger partial charge >= 0.3 is 0 Å². The molecular formula is C18H24O2. The summed E-state index contributed by atoms with van der Waals surface area (Å²) in [6, 6.07) is 7.48. The molecule has 2 heteroatoms. The Morgan fingerprint density at radius 1 is 1.35 bits per heavy atom. The van der Waals surface area contributed by atoms with Gasteiger partial charge in [-0.25, -0.2) is 0 Å². The van der Waals surface area contributed by atoms with Crippen LogP contribution in [0.25, 0.3) is 6.08 Å². The van der Waals surface area contributed by atoms with E-state index in [9.17, 15) is 5.11 Å². The van der Waals surface area contributed by atoms with Crippen LogP contribution in [-0.4, -0.2) is 17.8 Å². The summed E-state index contributed by atoms with van der Waals surface area (Å²) in [4.78, 5) is 0. The molecule has 1 aromatic carbocycles. The number of phenolic OH excluding ortho intramolecular Hbond substituents is 1. The Kier molecular flexibility index (Phi) is 4.54. The highest BCUT2D eigenvalue weighted by Gasteiger charge is 2.42. The molecule has 0 amide bonds. The molecule has 2 unspecified atom stereocenters. The summed E-state index contributed by atoms with van der Waals surface area (Å²) in [5.74, 6) is 1.17. The lowest BCUT2D eigenvalue weighted by Crippen LogP contribution is -2.42. The van der Waals surface area contributed by atoms with Crippen molar-refractivity contribution in [3.8, 4) is 5.75 Å². The molecule has 0 saturated heterocycles. The number of hydrogen-bond acceptors (Lipinski definition) is 2. The van der Waals surface area contributed by atoms with Crippen molar-refractivity contribution in [2.75, 3.05) is 7.11 Å². The van der Waals surface area contributed by atoms with Gasteiger partial charge in [0.25, 0.3) is 0 Å². The minimum Gasteiger partial charge on any atom is -0.508 e. The zero-order valence-electron chi connectivity index (χ0n) is 12.3. The molecule has 0 spiro atoms. The van der Waals surface area contributed by atoms with Crippen molar-refractivity contribution < 1.29 is 9.84 Å². The summed E-state index contributed by atoms with van der Waals surface area (Å²) in [6.45, 7) is 0. The van der Waals surface area contributed by atoms with Gasteiger partial charge in [0.2, 0.25) is 0 Å². The molecule has 1 aromatic rings. The van der Waals surface area contributed by atoms with Crippen LogP contribution in [0.3, 0.4) is 0 Å². The Morgan fingerprint density at radius 2 is 2.20 bits per heavy atom. The molecule has 108 valence electrons. The largest absolute Gasteiger partial charge is 0.508 e. The van der Waals surface area contributed by atoms with Gasteiger partial charge in [0.15, 0.2) is 0 Å². The third-order valence-electron chi connectivity index (χ3n) is 4.82. The molecule has 2 aliphatic carbocycles. The molecule has 0 aromatic heterocycles. The normalized spacial score (nSPS) is 30.9. The van der Waals surface area contributed by atoms with Crippen molar-refractivity contribution in [3.05, 3.63) is 42.8 Å². The number of ether oxygens (including phenoxy) is 1. The average Bonchev–Trinajstić information content (AvgIpc) is 2.43. The number of methoxy groups -OCH3 is 1. The second kappa shape index (κ2) is 6.01. The second-order valence-electron chi connectivity index (χ2n) is 5.96. The molecule has 3 rings (SSSR count). The van der Waals surface area contributed by atoms with Crippen molar-refractivity contribution in [1.82, 2.24) is 0 Å². The summed E-state index contributed by atoms with van der Waals surface area (Å²) in [7, 11) is 1.85. The molecule has 20 heavy (non-hydrogen) atoms. The van der Waals surface area contributed by atoms with Crippen LogP contribution >= 0.6 is 0 Å². The van der Waals surface area contributed by atoms with Gasteiger partial charge in [0.05, 0.1) is 5.60 Å². The van der Waals surface area contributed by atoms with Gasteiger partial charge in [-0.3, -0.25) is 0 Å². The van der Waals surface area contributed by atoms with Crippen LogP contribution in [0, 0.1) is 13.3 Å². The van der Waals surface area contributed by atoms with Gasteiger partial charge in [-0.2, -0.15) is 0 Å². The minimum absolute atomic E-state index is 0. The molecule has 2 bridgehead atoms. The van der Waals surface area contributed by atoms with Crippen LogP contribution in [-0.2, 0) is 4.74 Å². The predicted octanol–water partition coefficient (Wildman–Crippen LogP) is 4.47. The molecule has 2 fully saturated rings. The fourth-order valence-corrected chi connectivity index (χ4v) is 3.81. The summed E-state index contributed by atoms with van der Waals surface area (Å²) < 4.78 is 5.93. The van der Waals surface area contributed by atoms with Gasteiger partial charge in [0.1, 0.15) is 5.75 Å². The fraction of sp³-hybridized carbons (Fsp3) is 0.500. The molecule has 2 nitrogen and oxygen atoms in total. The molecule has 2 radical (unpaired) electrons. The first-order chi connectivity index (χ1) is 9.22. The monoisotopic (exact) mass is 272 g/mol. The van der Waals surface area contributed by atoms with E-state index in [-0.39, 0.29) is 13.0 Å². The van der Waals surface area contributed by atoms with Gasteiger partial charge in [-0.05, 0) is 61.3 Å². The second-order valence-corrected chi connectivity index (χ2v) is 5.96. The van der Waals surface area contributed by atoms with E-state index in [2.05, 4.69) is 6.08 Å². The van der Waals surface area contributed by atoms with Gasteiger partial charge in [0, 0.05) is 7.11 Å². The van der Waals surface area contributed by atoms with Crippen molar-refractivity contribution >= 4 is 6.08 Å². The summed E-state index contributed by atoms with van der Waals surface area (Å²) in [5.41, 5.74) is 2.46. The number of hydrogen-bond donors (Lipinski definition) is 1. The van der Waals surface area contributed by atoms with Crippen LogP contribution < -0.4 is 0 Å². The number of aromatic hydroxyl groups is 1. The van der Waals surface area contributed by atoms with Crippen molar-refractivity contribution in [2.24, 2.45) is 5.92 Å². The summed E-state index contributed by atoms with van der Waals surface area (Å²) in [6.07, 6.45) is 9.61. The Morgan fingerprint density at radius 3 is 2.95 bits per heavy atom. The van der Waals surface area contributed by atoms with Crippen molar-refractivity contribution in [1.29, 1.82) is 0 Å². The zero-order chi connectivity index (χ0) is 13.3. The first-order valence-corrected chi connectivity index (χ1v) is 7.27. The minimum atomic E-state index is -0.0351. The Balaban J connectivity index is 0.00000147. The average molecular weight is 272 g/mol. The molecule has 2 saturated carbocycles. The zero-order valence-corrected chi connectivity index (χ0v) is 12.3. The third-order valence-corrected chi connectivity index (χ3v) is 4.82. The Labute approximate surface area is 122 Å². The van der Waals surface area contributed by atoms with E-state index in [1.54, 1.807) is 6.07 Å². The van der Waals surface area contributed by atoms with E-state index in [0.29, 0.717) is 5.75 Å². The molecule has 2 atom stereocenters. The maximum absolute atomic E-state index is 9.58. The summed E-state index contributed by atoms with van der Waals surface area (Å²) >= 11 is 0. The highest BCUT2D eigenvalue weighted by molar-refractivity contribution is 5.57. The van der Waals surface area contributed by atoms with Gasteiger partial charge in [-0.15, -0.1) is 0 Å². The lowest BCUT2D eigenvalue weighted by molar-refractivity contribution is -0.0405. The van der Waals surface area contributed by atoms with Gasteiger partial charge < -0.3 is 9.84 Å². The molecule has 1 N–H and O–H groups in total. The highest BCUT2D eigenvalue weighted by Crippen LogP contribution is 2.48. The molecule has 0 aliphatic heterocycles. The highest BCUT2D eigenvalue weighted by atomic mass is 16.5. The molecule has 2 aliphatic rings. The van der Waals surface area contributed by atoms with E-state index in [1.807, 2.05) is 25.3 Å². The third kappa shape index (κ3) is 2.76. The Hall–Kier alpha value is -1.28. The maximum Gasteiger partial charge on any atom is 0.116 e. The van der Waals surface area contributed by atoms with Crippen LogP contribution in [0.4, 0.5) is 0 Å². The number of rotatable bonds is 2. The molecular weight excluding hydrogens is 248 g/mol. The van der Waals surface area contributed by atoms with E-state index < -0.39 is 0 Å². The topological polar surface area (TPSA) is 29.5 Å². The van der Waals surface area contributed by atoms with Crippen molar-refractivity contribution in [2.45, 2.75) is 44.1 Å². The van der Waals surface area contributed by atoms with Crippen LogP contribution in [0.5, 0.6) is 5.75 Å². The van der Waals surface area contributed by atoms with E-state index in [0.717, 1.165) is 24.3 Å². The number of benzene rings is 1. The van der Waals surface area contributed by atoms with E-state index in [4.69, 9.17) is 4.74 Å². The Bertz CT molecular complexity index is 492. The lowest BCUT2D eigenvalue weighted by Gasteiger charge is -2.46. The molecule has 0 heterocycles.